The molecule has 0 spiro atoms. The van der Waals surface area contributed by atoms with Gasteiger partial charge in [0, 0.05) is 27.4 Å². The minimum Gasteiger partial charge on any atom is -0.321 e. The normalized spacial score (nSPS) is 15.9. The molecule has 0 fully saturated rings. The van der Waals surface area contributed by atoms with Gasteiger partial charge >= 0.3 is 0 Å². The van der Waals surface area contributed by atoms with Crippen LogP contribution in [-0.4, -0.2) is 10.7 Å². The molecule has 0 unspecified atom stereocenters. The molecule has 3 aromatic carbocycles. The fourth-order valence-electron chi connectivity index (χ4n) is 3.92. The SMILES string of the molecule is O=c1[nH]c2ccc(Br)cc2c(-c2ccccc2)c1C1=NN[C@H](c2ccccc2)C1. The van der Waals surface area contributed by atoms with Gasteiger partial charge in [-0.05, 0) is 29.3 Å². The predicted molar refractivity (Wildman–Crippen MR) is 121 cm³/mol. The van der Waals surface area contributed by atoms with Gasteiger partial charge in [-0.2, -0.15) is 5.10 Å². The average Bonchev–Trinajstić information content (AvgIpc) is 3.24. The molecule has 0 saturated carbocycles. The molecule has 5 rings (SSSR count). The topological polar surface area (TPSA) is 57.2 Å². The molecule has 1 aromatic heterocycles. The van der Waals surface area contributed by atoms with Crippen molar-refractivity contribution < 1.29 is 0 Å². The third kappa shape index (κ3) is 3.28. The molecule has 1 atom stereocenters. The molecule has 0 saturated heterocycles. The van der Waals surface area contributed by atoms with Gasteiger partial charge in [-0.25, -0.2) is 0 Å². The van der Waals surface area contributed by atoms with E-state index in [2.05, 4.69) is 49.6 Å². The van der Waals surface area contributed by atoms with Gasteiger partial charge in [0.05, 0.1) is 17.3 Å². The molecule has 1 aliphatic heterocycles. The van der Waals surface area contributed by atoms with E-state index in [4.69, 9.17) is 0 Å². The van der Waals surface area contributed by atoms with Gasteiger partial charge in [-0.1, -0.05) is 76.6 Å². The summed E-state index contributed by atoms with van der Waals surface area (Å²) in [6.07, 6.45) is 0.659. The number of rotatable bonds is 3. The van der Waals surface area contributed by atoms with Crippen molar-refractivity contribution in [2.24, 2.45) is 5.10 Å². The smallest absolute Gasteiger partial charge is 0.258 e. The minimum absolute atomic E-state index is 0.0624. The summed E-state index contributed by atoms with van der Waals surface area (Å²) in [6.45, 7) is 0. The van der Waals surface area contributed by atoms with Gasteiger partial charge < -0.3 is 10.4 Å². The predicted octanol–water partition coefficient (Wildman–Crippen LogP) is 5.40. The zero-order valence-corrected chi connectivity index (χ0v) is 17.1. The molecule has 142 valence electrons. The van der Waals surface area contributed by atoms with Gasteiger partial charge in [0.25, 0.3) is 5.56 Å². The van der Waals surface area contributed by atoms with E-state index in [1.54, 1.807) is 0 Å². The second-order valence-corrected chi connectivity index (χ2v) is 8.03. The van der Waals surface area contributed by atoms with Crippen LogP contribution in [0.15, 0.2) is 93.2 Å². The van der Waals surface area contributed by atoms with Crippen molar-refractivity contribution in [2.45, 2.75) is 12.5 Å². The van der Waals surface area contributed by atoms with Crippen LogP contribution < -0.4 is 11.0 Å². The van der Waals surface area contributed by atoms with Gasteiger partial charge in [0.1, 0.15) is 0 Å². The van der Waals surface area contributed by atoms with Crippen LogP contribution in [0.3, 0.4) is 0 Å². The first-order valence-electron chi connectivity index (χ1n) is 9.49. The zero-order chi connectivity index (χ0) is 19.8. The van der Waals surface area contributed by atoms with E-state index in [9.17, 15) is 4.79 Å². The Kier molecular flexibility index (Phi) is 4.52. The second-order valence-electron chi connectivity index (χ2n) is 7.12. The molecule has 2 N–H and O–H groups in total. The van der Waals surface area contributed by atoms with Crippen LogP contribution in [0, 0.1) is 0 Å². The monoisotopic (exact) mass is 443 g/mol. The van der Waals surface area contributed by atoms with E-state index in [1.165, 1.54) is 0 Å². The van der Waals surface area contributed by atoms with Crippen LogP contribution in [-0.2, 0) is 0 Å². The lowest BCUT2D eigenvalue weighted by molar-refractivity contribution is 0.620. The molecule has 0 amide bonds. The lowest BCUT2D eigenvalue weighted by atomic mass is 9.91. The van der Waals surface area contributed by atoms with Crippen LogP contribution in [0.2, 0.25) is 0 Å². The van der Waals surface area contributed by atoms with Gasteiger partial charge in [0.2, 0.25) is 0 Å². The number of fused-ring (bicyclic) bond motifs is 1. The number of hydrogen-bond donors (Lipinski definition) is 2. The van der Waals surface area contributed by atoms with Crippen LogP contribution in [0.25, 0.3) is 22.0 Å². The highest BCUT2D eigenvalue weighted by atomic mass is 79.9. The number of pyridine rings is 1. The van der Waals surface area contributed by atoms with Crippen molar-refractivity contribution >= 4 is 32.5 Å². The molecule has 0 aliphatic carbocycles. The molecular formula is C24H18BrN3O. The largest absolute Gasteiger partial charge is 0.321 e. The number of halogens is 1. The number of nitrogens with zero attached hydrogens (tertiary/aromatic N) is 1. The minimum atomic E-state index is -0.118. The zero-order valence-electron chi connectivity index (χ0n) is 15.5. The first-order chi connectivity index (χ1) is 14.2. The Hall–Kier alpha value is -3.18. The summed E-state index contributed by atoms with van der Waals surface area (Å²) in [5, 5.41) is 5.57. The Morgan fingerprint density at radius 1 is 0.897 bits per heavy atom. The maximum atomic E-state index is 13.2. The van der Waals surface area contributed by atoms with Crippen molar-refractivity contribution in [2.75, 3.05) is 0 Å². The number of aromatic nitrogens is 1. The van der Waals surface area contributed by atoms with E-state index in [-0.39, 0.29) is 11.6 Å². The maximum absolute atomic E-state index is 13.2. The van der Waals surface area contributed by atoms with Gasteiger partial charge in [-0.15, -0.1) is 0 Å². The Labute approximate surface area is 176 Å². The number of benzene rings is 3. The summed E-state index contributed by atoms with van der Waals surface area (Å²) in [7, 11) is 0. The van der Waals surface area contributed by atoms with Crippen LogP contribution in [0.1, 0.15) is 23.6 Å². The lowest BCUT2D eigenvalue weighted by Crippen LogP contribution is -2.20. The maximum Gasteiger partial charge on any atom is 0.258 e. The van der Waals surface area contributed by atoms with Crippen molar-refractivity contribution in [3.05, 3.63) is 105 Å². The standard InChI is InChI=1S/C24H18BrN3O/c25-17-11-12-19-18(13-17)22(16-9-5-2-6-10-16)23(24(29)26-19)21-14-20(27-28-21)15-7-3-1-4-8-15/h1-13,20,27H,14H2,(H,26,29)/t20-/m0/s1. The Morgan fingerprint density at radius 2 is 1.62 bits per heavy atom. The number of H-pyrrole nitrogens is 1. The Morgan fingerprint density at radius 3 is 2.38 bits per heavy atom. The molecule has 5 heteroatoms. The van der Waals surface area contributed by atoms with Crippen molar-refractivity contribution in [1.82, 2.24) is 10.4 Å². The molecule has 0 radical (unpaired) electrons. The van der Waals surface area contributed by atoms with Crippen molar-refractivity contribution in [3.8, 4) is 11.1 Å². The summed E-state index contributed by atoms with van der Waals surface area (Å²) >= 11 is 3.57. The molecular weight excluding hydrogens is 426 g/mol. The summed E-state index contributed by atoms with van der Waals surface area (Å²) in [4.78, 5) is 16.2. The lowest BCUT2D eigenvalue weighted by Gasteiger charge is -2.14. The highest BCUT2D eigenvalue weighted by Gasteiger charge is 2.26. The first-order valence-corrected chi connectivity index (χ1v) is 10.3. The summed E-state index contributed by atoms with van der Waals surface area (Å²) < 4.78 is 0.967. The molecule has 0 bridgehead atoms. The second kappa shape index (κ2) is 7.33. The van der Waals surface area contributed by atoms with Crippen LogP contribution in [0.5, 0.6) is 0 Å². The molecule has 4 nitrogen and oxygen atoms in total. The van der Waals surface area contributed by atoms with E-state index >= 15 is 0 Å². The fourth-order valence-corrected chi connectivity index (χ4v) is 4.28. The average molecular weight is 444 g/mol. The third-order valence-electron chi connectivity index (χ3n) is 5.28. The Bertz CT molecular complexity index is 1280. The van der Waals surface area contributed by atoms with Crippen molar-refractivity contribution in [3.63, 3.8) is 0 Å². The van der Waals surface area contributed by atoms with Gasteiger partial charge in [-0.3, -0.25) is 4.79 Å². The molecule has 2 heterocycles. The number of hydrogen-bond acceptors (Lipinski definition) is 3. The number of aromatic amines is 1. The molecule has 4 aromatic rings. The van der Waals surface area contributed by atoms with Crippen LogP contribution in [0.4, 0.5) is 0 Å². The summed E-state index contributed by atoms with van der Waals surface area (Å²) in [5.74, 6) is 0. The number of nitrogens with one attached hydrogen (secondary N) is 2. The van der Waals surface area contributed by atoms with E-state index in [0.29, 0.717) is 12.0 Å². The van der Waals surface area contributed by atoms with E-state index in [0.717, 1.165) is 37.8 Å². The quantitative estimate of drug-likeness (QED) is 0.445. The fraction of sp³-hybridized carbons (Fsp3) is 0.0833. The molecule has 29 heavy (non-hydrogen) atoms. The third-order valence-corrected chi connectivity index (χ3v) is 5.78. The van der Waals surface area contributed by atoms with Crippen LogP contribution >= 0.6 is 15.9 Å². The Balaban J connectivity index is 1.70. The first kappa shape index (κ1) is 17.9. The van der Waals surface area contributed by atoms with E-state index < -0.39 is 0 Å². The number of hydrazone groups is 1. The van der Waals surface area contributed by atoms with E-state index in [1.807, 2.05) is 60.7 Å². The van der Waals surface area contributed by atoms with Crippen molar-refractivity contribution in [1.29, 1.82) is 0 Å². The molecule has 1 aliphatic rings. The summed E-state index contributed by atoms with van der Waals surface area (Å²) in [6, 6.07) is 26.2. The summed E-state index contributed by atoms with van der Waals surface area (Å²) in [5.41, 5.74) is 8.40. The highest BCUT2D eigenvalue weighted by molar-refractivity contribution is 9.10. The van der Waals surface area contributed by atoms with Gasteiger partial charge in [0.15, 0.2) is 0 Å². The highest BCUT2D eigenvalue weighted by Crippen LogP contribution is 2.34.